The van der Waals surface area contributed by atoms with Gasteiger partial charge in [0.1, 0.15) is 0 Å². The largest absolute Gasteiger partial charge is 0.350 e. The van der Waals surface area contributed by atoms with Crippen LogP contribution >= 0.6 is 11.8 Å². The Morgan fingerprint density at radius 1 is 1.36 bits per heavy atom. The summed E-state index contributed by atoms with van der Waals surface area (Å²) in [7, 11) is 0. The zero-order chi connectivity index (χ0) is 20.3. The summed E-state index contributed by atoms with van der Waals surface area (Å²) in [6.07, 6.45) is 0.437. The molecular formula is C18H24N6O3S. The van der Waals surface area contributed by atoms with E-state index in [1.165, 1.54) is 17.8 Å². The van der Waals surface area contributed by atoms with Crippen molar-refractivity contribution in [2.75, 3.05) is 6.54 Å². The predicted octanol–water partition coefficient (Wildman–Crippen LogP) is 0.824. The van der Waals surface area contributed by atoms with Gasteiger partial charge in [0.2, 0.25) is 11.8 Å². The molecule has 0 unspecified atom stereocenters. The fourth-order valence-corrected chi connectivity index (χ4v) is 3.94. The van der Waals surface area contributed by atoms with Crippen LogP contribution < -0.4 is 10.9 Å². The van der Waals surface area contributed by atoms with Crippen molar-refractivity contribution in [3.05, 3.63) is 39.6 Å². The molecule has 9 nitrogen and oxygen atoms in total. The molecule has 2 aromatic heterocycles. The lowest BCUT2D eigenvalue weighted by Gasteiger charge is -2.29. The molecule has 0 saturated heterocycles. The van der Waals surface area contributed by atoms with Gasteiger partial charge in [-0.3, -0.25) is 19.1 Å². The number of thioether (sulfide) groups is 1. The van der Waals surface area contributed by atoms with Gasteiger partial charge in [0, 0.05) is 24.7 Å². The van der Waals surface area contributed by atoms with Crippen molar-refractivity contribution in [2.24, 2.45) is 0 Å². The zero-order valence-electron chi connectivity index (χ0n) is 16.2. The van der Waals surface area contributed by atoms with Crippen molar-refractivity contribution in [2.45, 2.75) is 57.2 Å². The van der Waals surface area contributed by atoms with Crippen LogP contribution in [0.5, 0.6) is 0 Å². The normalized spacial score (nSPS) is 14.5. The molecule has 0 aliphatic carbocycles. The number of carbonyl (C=O) groups excluding carboxylic acids is 2. The Kier molecular flexibility index (Phi) is 6.18. The molecule has 0 bridgehead atoms. The SMILES string of the molecule is CCC(=O)NCc1cc2n(n1)CCN(C(=O)[C@H](C)Sc1nc(C)cc(=O)[nH]1)C2. The average molecular weight is 404 g/mol. The summed E-state index contributed by atoms with van der Waals surface area (Å²) in [5.41, 5.74) is 2.13. The minimum Gasteiger partial charge on any atom is -0.350 e. The number of carbonyl (C=O) groups is 2. The fourth-order valence-electron chi connectivity index (χ4n) is 3.00. The lowest BCUT2D eigenvalue weighted by atomic mass is 10.2. The highest BCUT2D eigenvalue weighted by Crippen LogP contribution is 2.22. The molecule has 3 rings (SSSR count). The highest BCUT2D eigenvalue weighted by Gasteiger charge is 2.27. The predicted molar refractivity (Wildman–Crippen MR) is 105 cm³/mol. The number of aromatic amines is 1. The average Bonchev–Trinajstić information content (AvgIpc) is 3.06. The van der Waals surface area contributed by atoms with Crippen molar-refractivity contribution in [1.29, 1.82) is 0 Å². The van der Waals surface area contributed by atoms with E-state index in [2.05, 4.69) is 20.4 Å². The van der Waals surface area contributed by atoms with E-state index >= 15 is 0 Å². The maximum atomic E-state index is 12.8. The van der Waals surface area contributed by atoms with Crippen LogP contribution in [0.4, 0.5) is 0 Å². The van der Waals surface area contributed by atoms with Crippen molar-refractivity contribution in [3.8, 4) is 0 Å². The van der Waals surface area contributed by atoms with Gasteiger partial charge in [0.05, 0.1) is 36.3 Å². The molecule has 0 fully saturated rings. The standard InChI is InChI=1S/C18H24N6O3S/c1-4-15(25)19-9-13-8-14-10-23(5-6-24(14)22-13)17(27)12(3)28-18-20-11(2)7-16(26)21-18/h7-8,12H,4-6,9-10H2,1-3H3,(H,19,25)(H,20,21,26)/t12-/m0/s1. The number of hydrogen-bond donors (Lipinski definition) is 2. The van der Waals surface area contributed by atoms with Crippen LogP contribution in [-0.4, -0.2) is 48.3 Å². The smallest absolute Gasteiger partial charge is 0.251 e. The van der Waals surface area contributed by atoms with Crippen LogP contribution in [0, 0.1) is 6.92 Å². The number of rotatable bonds is 6. The first-order valence-corrected chi connectivity index (χ1v) is 10.1. The van der Waals surface area contributed by atoms with Crippen LogP contribution in [0.15, 0.2) is 22.1 Å². The number of aryl methyl sites for hydroxylation is 1. The molecular weight excluding hydrogens is 380 g/mol. The number of H-pyrrole nitrogens is 1. The van der Waals surface area contributed by atoms with Crippen LogP contribution in [0.25, 0.3) is 0 Å². The van der Waals surface area contributed by atoms with Gasteiger partial charge in [0.15, 0.2) is 5.16 Å². The minimum absolute atomic E-state index is 0.0116. The number of nitrogens with one attached hydrogen (secondary N) is 2. The maximum absolute atomic E-state index is 12.8. The Labute approximate surface area is 166 Å². The topological polar surface area (TPSA) is 113 Å². The lowest BCUT2D eigenvalue weighted by Crippen LogP contribution is -2.42. The summed E-state index contributed by atoms with van der Waals surface area (Å²) in [6.45, 7) is 7.40. The molecule has 0 saturated carbocycles. The molecule has 1 atom stereocenters. The van der Waals surface area contributed by atoms with Gasteiger partial charge in [-0.1, -0.05) is 18.7 Å². The second-order valence-corrected chi connectivity index (χ2v) is 8.02. The molecule has 1 aliphatic rings. The summed E-state index contributed by atoms with van der Waals surface area (Å²) in [5, 5.41) is 7.38. The molecule has 3 heterocycles. The summed E-state index contributed by atoms with van der Waals surface area (Å²) in [5.74, 6) is -0.0288. The molecule has 0 aromatic carbocycles. The van der Waals surface area contributed by atoms with Gasteiger partial charge in [-0.25, -0.2) is 4.98 Å². The van der Waals surface area contributed by atoms with E-state index in [9.17, 15) is 14.4 Å². The van der Waals surface area contributed by atoms with E-state index in [1.807, 2.05) is 17.7 Å². The molecule has 2 amide bonds. The zero-order valence-corrected chi connectivity index (χ0v) is 17.0. The molecule has 28 heavy (non-hydrogen) atoms. The van der Waals surface area contributed by atoms with Gasteiger partial charge >= 0.3 is 0 Å². The monoisotopic (exact) mass is 404 g/mol. The van der Waals surface area contributed by atoms with Crippen LogP contribution in [0.2, 0.25) is 0 Å². The van der Waals surface area contributed by atoms with Crippen molar-refractivity contribution in [3.63, 3.8) is 0 Å². The number of aromatic nitrogens is 4. The van der Waals surface area contributed by atoms with E-state index in [0.717, 1.165) is 11.4 Å². The van der Waals surface area contributed by atoms with E-state index in [4.69, 9.17) is 0 Å². The van der Waals surface area contributed by atoms with E-state index in [-0.39, 0.29) is 22.6 Å². The van der Waals surface area contributed by atoms with Crippen LogP contribution in [0.3, 0.4) is 0 Å². The summed E-state index contributed by atoms with van der Waals surface area (Å²) in [4.78, 5) is 44.5. The Morgan fingerprint density at radius 2 is 2.14 bits per heavy atom. The molecule has 1 aliphatic heterocycles. The number of fused-ring (bicyclic) bond motifs is 1. The van der Waals surface area contributed by atoms with Crippen molar-refractivity contribution < 1.29 is 9.59 Å². The highest BCUT2D eigenvalue weighted by atomic mass is 32.2. The van der Waals surface area contributed by atoms with Crippen molar-refractivity contribution in [1.82, 2.24) is 30.0 Å². The third-order valence-electron chi connectivity index (χ3n) is 4.43. The Bertz CT molecular complexity index is 938. The first kappa shape index (κ1) is 20.1. The fraction of sp³-hybridized carbons (Fsp3) is 0.500. The third-order valence-corrected chi connectivity index (χ3v) is 5.40. The maximum Gasteiger partial charge on any atom is 0.251 e. The molecule has 2 aromatic rings. The van der Waals surface area contributed by atoms with E-state index in [1.54, 1.807) is 18.7 Å². The summed E-state index contributed by atoms with van der Waals surface area (Å²) < 4.78 is 1.88. The van der Waals surface area contributed by atoms with Gasteiger partial charge in [-0.05, 0) is 19.9 Å². The van der Waals surface area contributed by atoms with Crippen LogP contribution in [-0.2, 0) is 29.2 Å². The Hall–Kier alpha value is -2.62. The second-order valence-electron chi connectivity index (χ2n) is 6.69. The molecule has 10 heteroatoms. The van der Waals surface area contributed by atoms with Gasteiger partial charge < -0.3 is 15.2 Å². The van der Waals surface area contributed by atoms with Crippen LogP contribution in [0.1, 0.15) is 37.4 Å². The summed E-state index contributed by atoms with van der Waals surface area (Å²) in [6, 6.07) is 3.34. The van der Waals surface area contributed by atoms with E-state index in [0.29, 0.717) is 43.5 Å². The third kappa shape index (κ3) is 4.80. The highest BCUT2D eigenvalue weighted by molar-refractivity contribution is 8.00. The molecule has 0 radical (unpaired) electrons. The molecule has 0 spiro atoms. The second kappa shape index (κ2) is 8.59. The van der Waals surface area contributed by atoms with E-state index < -0.39 is 0 Å². The number of nitrogens with zero attached hydrogens (tertiary/aromatic N) is 4. The first-order chi connectivity index (χ1) is 13.4. The van der Waals surface area contributed by atoms with Gasteiger partial charge in [-0.2, -0.15) is 5.10 Å². The Morgan fingerprint density at radius 3 is 2.86 bits per heavy atom. The molecule has 150 valence electrons. The number of hydrogen-bond acceptors (Lipinski definition) is 6. The first-order valence-electron chi connectivity index (χ1n) is 9.21. The number of amides is 2. The minimum atomic E-state index is -0.372. The Balaban J connectivity index is 1.62. The van der Waals surface area contributed by atoms with Crippen molar-refractivity contribution >= 4 is 23.6 Å². The summed E-state index contributed by atoms with van der Waals surface area (Å²) >= 11 is 1.25. The lowest BCUT2D eigenvalue weighted by molar-refractivity contribution is -0.131. The van der Waals surface area contributed by atoms with Gasteiger partial charge in [0.25, 0.3) is 5.56 Å². The quantitative estimate of drug-likeness (QED) is 0.545. The molecule has 2 N–H and O–H groups in total. The van der Waals surface area contributed by atoms with Gasteiger partial charge in [-0.15, -0.1) is 0 Å².